The highest BCUT2D eigenvalue weighted by Crippen LogP contribution is 2.06. The van der Waals surface area contributed by atoms with E-state index in [4.69, 9.17) is 5.11 Å². The number of hydrogen-bond donors (Lipinski definition) is 1. The fourth-order valence-corrected chi connectivity index (χ4v) is 1.51. The molecule has 1 atom stereocenters. The van der Waals surface area contributed by atoms with Gasteiger partial charge in [0, 0.05) is 19.8 Å². The predicted molar refractivity (Wildman–Crippen MR) is 54.2 cm³/mol. The van der Waals surface area contributed by atoms with Gasteiger partial charge in [0.1, 0.15) is 6.04 Å². The van der Waals surface area contributed by atoms with Crippen LogP contribution in [0.25, 0.3) is 0 Å². The number of aryl methyl sites for hydroxylation is 1. The lowest BCUT2D eigenvalue weighted by Crippen LogP contribution is -2.37. The number of aliphatic carboxylic acids is 1. The largest absolute Gasteiger partial charge is 0.480 e. The maximum Gasteiger partial charge on any atom is 0.320 e. The molecule has 6 nitrogen and oxygen atoms in total. The monoisotopic (exact) mass is 212 g/mol. The average Bonchev–Trinajstić information content (AvgIpc) is 2.51. The second-order valence-electron chi connectivity index (χ2n) is 3.56. The molecule has 15 heavy (non-hydrogen) atoms. The molecule has 0 spiro atoms. The van der Waals surface area contributed by atoms with Crippen molar-refractivity contribution in [1.29, 1.82) is 0 Å². The van der Waals surface area contributed by atoms with Crippen molar-refractivity contribution >= 4 is 5.97 Å². The summed E-state index contributed by atoms with van der Waals surface area (Å²) in [5, 5.41) is 16.6. The molecule has 1 heterocycles. The average molecular weight is 212 g/mol. The number of likely N-dealkylation sites (N-methyl/N-ethyl adjacent to an activating group) is 1. The summed E-state index contributed by atoms with van der Waals surface area (Å²) >= 11 is 0. The molecule has 6 heteroatoms. The molecule has 0 bridgehead atoms. The highest BCUT2D eigenvalue weighted by Gasteiger charge is 2.20. The predicted octanol–water partition coefficient (Wildman–Crippen LogP) is 0.110. The van der Waals surface area contributed by atoms with Gasteiger partial charge < -0.3 is 5.11 Å². The molecular formula is C9H16N4O2. The van der Waals surface area contributed by atoms with Crippen LogP contribution in [0.1, 0.15) is 19.0 Å². The molecule has 0 radical (unpaired) electrons. The minimum Gasteiger partial charge on any atom is -0.480 e. The summed E-state index contributed by atoms with van der Waals surface area (Å²) in [6, 6.07) is -0.466. The van der Waals surface area contributed by atoms with Gasteiger partial charge in [-0.2, -0.15) is 0 Å². The van der Waals surface area contributed by atoms with Crippen LogP contribution in [0.4, 0.5) is 0 Å². The quantitative estimate of drug-likeness (QED) is 0.750. The molecule has 0 aliphatic carbocycles. The van der Waals surface area contributed by atoms with E-state index in [1.165, 1.54) is 0 Å². The Kier molecular flexibility index (Phi) is 3.79. The first-order valence-corrected chi connectivity index (χ1v) is 4.82. The Labute approximate surface area is 88.5 Å². The van der Waals surface area contributed by atoms with E-state index in [0.29, 0.717) is 13.0 Å². The summed E-state index contributed by atoms with van der Waals surface area (Å²) in [4.78, 5) is 12.6. The van der Waals surface area contributed by atoms with Crippen LogP contribution in [0.3, 0.4) is 0 Å². The maximum atomic E-state index is 10.9. The van der Waals surface area contributed by atoms with E-state index in [1.54, 1.807) is 29.9 Å². The Morgan fingerprint density at radius 2 is 2.40 bits per heavy atom. The van der Waals surface area contributed by atoms with Gasteiger partial charge in [-0.1, -0.05) is 12.1 Å². The van der Waals surface area contributed by atoms with E-state index in [-0.39, 0.29) is 0 Å². The minimum atomic E-state index is -0.802. The summed E-state index contributed by atoms with van der Waals surface area (Å²) in [5.41, 5.74) is 0.778. The van der Waals surface area contributed by atoms with Crippen molar-refractivity contribution < 1.29 is 9.90 Å². The lowest BCUT2D eigenvalue weighted by molar-refractivity contribution is -0.143. The lowest BCUT2D eigenvalue weighted by Gasteiger charge is -2.21. The minimum absolute atomic E-state index is 0.466. The highest BCUT2D eigenvalue weighted by molar-refractivity contribution is 5.73. The zero-order valence-electron chi connectivity index (χ0n) is 9.21. The molecule has 84 valence electrons. The molecular weight excluding hydrogens is 196 g/mol. The van der Waals surface area contributed by atoms with Crippen LogP contribution >= 0.6 is 0 Å². The Hall–Kier alpha value is -1.43. The van der Waals surface area contributed by atoms with Crippen molar-refractivity contribution in [2.24, 2.45) is 7.05 Å². The first-order chi connectivity index (χ1) is 7.04. The number of carboxylic acids is 1. The van der Waals surface area contributed by atoms with E-state index in [9.17, 15) is 4.79 Å². The lowest BCUT2D eigenvalue weighted by atomic mass is 10.2. The fraction of sp³-hybridized carbons (Fsp3) is 0.667. The molecule has 1 aromatic rings. The summed E-state index contributed by atoms with van der Waals surface area (Å²) in [5.74, 6) is -0.802. The molecule has 1 unspecified atom stereocenters. The normalized spacial score (nSPS) is 13.1. The molecule has 0 saturated heterocycles. The number of aromatic nitrogens is 3. The van der Waals surface area contributed by atoms with E-state index >= 15 is 0 Å². The zero-order chi connectivity index (χ0) is 11.4. The Morgan fingerprint density at radius 1 is 1.73 bits per heavy atom. The van der Waals surface area contributed by atoms with Gasteiger partial charge in [0.25, 0.3) is 0 Å². The number of nitrogens with zero attached hydrogens (tertiary/aromatic N) is 4. The van der Waals surface area contributed by atoms with Gasteiger partial charge >= 0.3 is 5.97 Å². The van der Waals surface area contributed by atoms with E-state index in [2.05, 4.69) is 10.3 Å². The van der Waals surface area contributed by atoms with Crippen molar-refractivity contribution in [2.45, 2.75) is 25.9 Å². The van der Waals surface area contributed by atoms with Crippen LogP contribution in [0.2, 0.25) is 0 Å². The van der Waals surface area contributed by atoms with E-state index in [1.807, 2.05) is 6.92 Å². The third kappa shape index (κ3) is 3.02. The van der Waals surface area contributed by atoms with Gasteiger partial charge in [-0.05, 0) is 13.5 Å². The highest BCUT2D eigenvalue weighted by atomic mass is 16.4. The van der Waals surface area contributed by atoms with Crippen LogP contribution < -0.4 is 0 Å². The van der Waals surface area contributed by atoms with Crippen molar-refractivity contribution in [2.75, 3.05) is 7.05 Å². The number of carboxylic acid groups (broad SMARTS) is 1. The summed E-state index contributed by atoms with van der Waals surface area (Å²) in [6.45, 7) is 2.35. The third-order valence-corrected chi connectivity index (χ3v) is 2.27. The zero-order valence-corrected chi connectivity index (χ0v) is 9.21. The van der Waals surface area contributed by atoms with Crippen LogP contribution in [0.15, 0.2) is 6.20 Å². The third-order valence-electron chi connectivity index (χ3n) is 2.27. The Morgan fingerprint density at radius 3 is 2.80 bits per heavy atom. The molecule has 0 fully saturated rings. The molecule has 0 amide bonds. The van der Waals surface area contributed by atoms with E-state index < -0.39 is 12.0 Å². The fourth-order valence-electron chi connectivity index (χ4n) is 1.51. The summed E-state index contributed by atoms with van der Waals surface area (Å²) < 4.78 is 1.60. The number of carbonyl (C=O) groups is 1. The second-order valence-corrected chi connectivity index (χ2v) is 3.56. The first-order valence-electron chi connectivity index (χ1n) is 4.82. The molecule has 0 aromatic carbocycles. The molecule has 0 aliphatic heterocycles. The standard InChI is InChI=1S/C9H16N4O2/c1-4-8(9(14)15)12(2)5-7-6-13(3)11-10-7/h6,8H,4-5H2,1-3H3,(H,14,15). The van der Waals surface area contributed by atoms with E-state index in [0.717, 1.165) is 5.69 Å². The summed E-state index contributed by atoms with van der Waals surface area (Å²) in [7, 11) is 3.56. The van der Waals surface area contributed by atoms with Crippen molar-refractivity contribution in [1.82, 2.24) is 19.9 Å². The molecule has 0 aliphatic rings. The molecule has 0 saturated carbocycles. The molecule has 1 N–H and O–H groups in total. The van der Waals surface area contributed by atoms with Gasteiger partial charge in [-0.15, -0.1) is 5.10 Å². The van der Waals surface area contributed by atoms with Gasteiger partial charge in [0.05, 0.1) is 5.69 Å². The maximum absolute atomic E-state index is 10.9. The van der Waals surface area contributed by atoms with Gasteiger partial charge in [0.15, 0.2) is 0 Å². The Balaban J connectivity index is 2.61. The number of hydrogen-bond acceptors (Lipinski definition) is 4. The van der Waals surface area contributed by atoms with Crippen molar-refractivity contribution in [3.8, 4) is 0 Å². The van der Waals surface area contributed by atoms with Crippen LogP contribution in [0.5, 0.6) is 0 Å². The van der Waals surface area contributed by atoms with Gasteiger partial charge in [0.2, 0.25) is 0 Å². The van der Waals surface area contributed by atoms with Crippen LogP contribution in [-0.4, -0.2) is 44.1 Å². The molecule has 1 aromatic heterocycles. The summed E-state index contributed by atoms with van der Waals surface area (Å²) in [6.07, 6.45) is 2.36. The molecule has 1 rings (SSSR count). The van der Waals surface area contributed by atoms with Crippen LogP contribution in [0, 0.1) is 0 Å². The van der Waals surface area contributed by atoms with Gasteiger partial charge in [-0.25, -0.2) is 0 Å². The topological polar surface area (TPSA) is 71.2 Å². The second kappa shape index (κ2) is 4.88. The van der Waals surface area contributed by atoms with Crippen molar-refractivity contribution in [3.05, 3.63) is 11.9 Å². The first kappa shape index (κ1) is 11.6. The Bertz CT molecular complexity index is 337. The van der Waals surface area contributed by atoms with Crippen LogP contribution in [-0.2, 0) is 18.4 Å². The SMILES string of the molecule is CCC(C(=O)O)N(C)Cc1cn(C)nn1. The number of rotatable bonds is 5. The van der Waals surface area contributed by atoms with Crippen molar-refractivity contribution in [3.63, 3.8) is 0 Å². The van der Waals surface area contributed by atoms with Gasteiger partial charge in [-0.3, -0.25) is 14.4 Å². The smallest absolute Gasteiger partial charge is 0.320 e.